The normalized spacial score (nSPS) is 15.4. The molecule has 9 heteroatoms. The summed E-state index contributed by atoms with van der Waals surface area (Å²) in [5.41, 5.74) is 1.44. The van der Waals surface area contributed by atoms with Crippen molar-refractivity contribution in [1.82, 2.24) is 5.32 Å². The number of amides is 2. The van der Waals surface area contributed by atoms with Gasteiger partial charge in [0.05, 0.1) is 16.3 Å². The Morgan fingerprint density at radius 1 is 1.03 bits per heavy atom. The van der Waals surface area contributed by atoms with Crippen LogP contribution < -0.4 is 10.2 Å². The standard InChI is InChI=1S/C23H17FN4O4/c1-27-19-9-5-3-7-17(19)20(16-6-2-4-8-18(16)24)25-21(23(27)30)26-22(29)14-10-12-15(13-11-14)28(31)32/h2-13,21H,1H3,(H,26,29). The van der Waals surface area contributed by atoms with Crippen LogP contribution in [0.4, 0.5) is 15.8 Å². The predicted octanol–water partition coefficient (Wildman–Crippen LogP) is 3.30. The van der Waals surface area contributed by atoms with Gasteiger partial charge in [0.15, 0.2) is 0 Å². The van der Waals surface area contributed by atoms with Crippen LogP contribution in [0, 0.1) is 15.9 Å². The molecule has 1 N–H and O–H groups in total. The number of nitro benzene ring substituents is 1. The number of rotatable bonds is 4. The van der Waals surface area contributed by atoms with Crippen molar-refractivity contribution in [3.05, 3.63) is 105 Å². The number of nitro groups is 1. The first kappa shape index (κ1) is 20.9. The van der Waals surface area contributed by atoms with Gasteiger partial charge in [-0.15, -0.1) is 0 Å². The fourth-order valence-corrected chi connectivity index (χ4v) is 3.43. The average molecular weight is 432 g/mol. The van der Waals surface area contributed by atoms with Crippen molar-refractivity contribution in [2.24, 2.45) is 4.99 Å². The van der Waals surface area contributed by atoms with E-state index in [4.69, 9.17) is 0 Å². The Kier molecular flexibility index (Phi) is 5.46. The van der Waals surface area contributed by atoms with Gasteiger partial charge in [-0.25, -0.2) is 9.38 Å². The minimum Gasteiger partial charge on any atom is -0.322 e. The van der Waals surface area contributed by atoms with Gasteiger partial charge in [0.2, 0.25) is 6.17 Å². The molecule has 1 aliphatic rings. The number of fused-ring (bicyclic) bond motifs is 1. The Balaban J connectivity index is 1.75. The molecule has 8 nitrogen and oxygen atoms in total. The lowest BCUT2D eigenvalue weighted by Gasteiger charge is -2.20. The Labute approximate surface area is 182 Å². The van der Waals surface area contributed by atoms with Crippen LogP contribution in [0.25, 0.3) is 0 Å². The maximum atomic E-state index is 14.6. The molecule has 0 spiro atoms. The van der Waals surface area contributed by atoms with Gasteiger partial charge in [0.25, 0.3) is 17.5 Å². The van der Waals surface area contributed by atoms with Gasteiger partial charge in [-0.1, -0.05) is 30.3 Å². The zero-order valence-corrected chi connectivity index (χ0v) is 16.9. The van der Waals surface area contributed by atoms with Crippen LogP contribution in [0.2, 0.25) is 0 Å². The first-order valence-corrected chi connectivity index (χ1v) is 9.62. The third-order valence-electron chi connectivity index (χ3n) is 5.08. The second-order valence-electron chi connectivity index (χ2n) is 7.05. The van der Waals surface area contributed by atoms with E-state index in [0.29, 0.717) is 11.3 Å². The molecule has 4 rings (SSSR count). The van der Waals surface area contributed by atoms with Gasteiger partial charge in [0.1, 0.15) is 5.82 Å². The molecule has 0 saturated carbocycles. The number of nitrogens with one attached hydrogen (secondary N) is 1. The number of hydrogen-bond acceptors (Lipinski definition) is 5. The SMILES string of the molecule is CN1C(=O)C(NC(=O)c2ccc([N+](=O)[O-])cc2)N=C(c2ccccc2F)c2ccccc21. The smallest absolute Gasteiger partial charge is 0.272 e. The third-order valence-corrected chi connectivity index (χ3v) is 5.08. The van der Waals surface area contributed by atoms with Gasteiger partial charge >= 0.3 is 0 Å². The van der Waals surface area contributed by atoms with Crippen molar-refractivity contribution in [3.63, 3.8) is 0 Å². The number of benzene rings is 3. The highest BCUT2D eigenvalue weighted by atomic mass is 19.1. The predicted molar refractivity (Wildman–Crippen MR) is 116 cm³/mol. The largest absolute Gasteiger partial charge is 0.322 e. The van der Waals surface area contributed by atoms with Crippen molar-refractivity contribution < 1.29 is 18.9 Å². The van der Waals surface area contributed by atoms with E-state index in [1.807, 2.05) is 0 Å². The summed E-state index contributed by atoms with van der Waals surface area (Å²) in [6.07, 6.45) is -1.33. The van der Waals surface area contributed by atoms with Gasteiger partial charge in [-0.3, -0.25) is 19.7 Å². The number of hydrogen-bond donors (Lipinski definition) is 1. The number of non-ortho nitro benzene ring substituents is 1. The molecule has 3 aromatic rings. The van der Waals surface area contributed by atoms with Crippen LogP contribution in [-0.4, -0.2) is 35.7 Å². The van der Waals surface area contributed by atoms with Crippen LogP contribution in [0.5, 0.6) is 0 Å². The van der Waals surface area contributed by atoms with Crippen molar-refractivity contribution in [1.29, 1.82) is 0 Å². The maximum absolute atomic E-state index is 14.6. The summed E-state index contributed by atoms with van der Waals surface area (Å²) in [6.45, 7) is 0. The monoisotopic (exact) mass is 432 g/mol. The topological polar surface area (TPSA) is 105 Å². The molecule has 1 atom stereocenters. The number of benzodiazepines with no additional fused rings is 1. The van der Waals surface area contributed by atoms with Crippen molar-refractivity contribution in [2.75, 3.05) is 11.9 Å². The highest BCUT2D eigenvalue weighted by Gasteiger charge is 2.31. The molecule has 3 aromatic carbocycles. The van der Waals surface area contributed by atoms with Crippen molar-refractivity contribution in [3.8, 4) is 0 Å². The zero-order chi connectivity index (χ0) is 22.8. The summed E-state index contributed by atoms with van der Waals surface area (Å²) in [7, 11) is 1.55. The van der Waals surface area contributed by atoms with Crippen molar-refractivity contribution in [2.45, 2.75) is 6.17 Å². The average Bonchev–Trinajstić information content (AvgIpc) is 2.90. The molecule has 160 valence electrons. The summed E-state index contributed by atoms with van der Waals surface area (Å²) in [6, 6.07) is 18.0. The van der Waals surface area contributed by atoms with Gasteiger partial charge < -0.3 is 10.2 Å². The lowest BCUT2D eigenvalue weighted by molar-refractivity contribution is -0.384. The second-order valence-corrected chi connectivity index (χ2v) is 7.05. The molecule has 0 aliphatic carbocycles. The minimum absolute atomic E-state index is 0.121. The molecule has 1 heterocycles. The molecule has 0 fully saturated rings. The number of aliphatic imine (C=N–C) groups is 1. The highest BCUT2D eigenvalue weighted by Crippen LogP contribution is 2.28. The molecule has 0 bridgehead atoms. The van der Waals surface area contributed by atoms with Crippen LogP contribution in [0.1, 0.15) is 21.5 Å². The summed E-state index contributed by atoms with van der Waals surface area (Å²) in [5.74, 6) is -1.67. The first-order chi connectivity index (χ1) is 15.4. The number of para-hydroxylation sites is 1. The lowest BCUT2D eigenvalue weighted by atomic mass is 10.00. The Morgan fingerprint density at radius 3 is 2.31 bits per heavy atom. The number of anilines is 1. The molecule has 1 aliphatic heterocycles. The summed E-state index contributed by atoms with van der Waals surface area (Å²) in [4.78, 5) is 41.9. The van der Waals surface area contributed by atoms with Gasteiger partial charge in [0, 0.05) is 35.9 Å². The zero-order valence-electron chi connectivity index (χ0n) is 16.9. The summed E-state index contributed by atoms with van der Waals surface area (Å²) in [5, 5.41) is 13.4. The lowest BCUT2D eigenvalue weighted by Crippen LogP contribution is -2.46. The fraction of sp³-hybridized carbons (Fsp3) is 0.0870. The quantitative estimate of drug-likeness (QED) is 0.504. The number of likely N-dealkylation sites (N-methyl/N-ethyl adjacent to an activating group) is 1. The molecule has 32 heavy (non-hydrogen) atoms. The summed E-state index contributed by atoms with van der Waals surface area (Å²) >= 11 is 0. The molecular weight excluding hydrogens is 415 g/mol. The number of carbonyl (C=O) groups is 2. The van der Waals surface area contributed by atoms with Gasteiger partial charge in [-0.05, 0) is 30.3 Å². The summed E-state index contributed by atoms with van der Waals surface area (Å²) < 4.78 is 14.6. The number of nitrogens with zero attached hydrogens (tertiary/aromatic N) is 3. The van der Waals surface area contributed by atoms with Crippen LogP contribution in [0.15, 0.2) is 77.8 Å². The Bertz CT molecular complexity index is 1260. The molecule has 2 amide bonds. The third kappa shape index (κ3) is 3.83. The fourth-order valence-electron chi connectivity index (χ4n) is 3.43. The Morgan fingerprint density at radius 2 is 1.66 bits per heavy atom. The number of halogens is 1. The number of carbonyl (C=O) groups excluding carboxylic acids is 2. The van der Waals surface area contributed by atoms with E-state index in [2.05, 4.69) is 10.3 Å². The van der Waals surface area contributed by atoms with E-state index in [1.165, 1.54) is 35.2 Å². The van der Waals surface area contributed by atoms with E-state index in [-0.39, 0.29) is 22.5 Å². The highest BCUT2D eigenvalue weighted by molar-refractivity contribution is 6.20. The van der Waals surface area contributed by atoms with E-state index in [9.17, 15) is 24.1 Å². The first-order valence-electron chi connectivity index (χ1n) is 9.62. The van der Waals surface area contributed by atoms with Crippen molar-refractivity contribution >= 4 is 28.9 Å². The molecule has 0 saturated heterocycles. The molecule has 1 unspecified atom stereocenters. The molecule has 0 aromatic heterocycles. The molecule has 0 radical (unpaired) electrons. The van der Waals surface area contributed by atoms with Gasteiger partial charge in [-0.2, -0.15) is 0 Å². The van der Waals surface area contributed by atoms with E-state index < -0.39 is 28.7 Å². The Hall–Kier alpha value is -4.40. The van der Waals surface area contributed by atoms with Crippen LogP contribution >= 0.6 is 0 Å². The van der Waals surface area contributed by atoms with Crippen LogP contribution in [-0.2, 0) is 4.79 Å². The maximum Gasteiger partial charge on any atom is 0.272 e. The van der Waals surface area contributed by atoms with E-state index >= 15 is 0 Å². The second kappa shape index (κ2) is 8.38. The minimum atomic E-state index is -1.33. The van der Waals surface area contributed by atoms with E-state index in [0.717, 1.165) is 0 Å². The van der Waals surface area contributed by atoms with E-state index in [1.54, 1.807) is 49.5 Å². The molecular formula is C23H17FN4O4. The van der Waals surface area contributed by atoms with Crippen LogP contribution in [0.3, 0.4) is 0 Å².